The Morgan fingerprint density at radius 1 is 1.24 bits per heavy atom. The molecule has 10 heteroatoms. The van der Waals surface area contributed by atoms with Gasteiger partial charge in [0.1, 0.15) is 18.2 Å². The van der Waals surface area contributed by atoms with Crippen LogP contribution in [0, 0.1) is 6.92 Å². The maximum Gasteiger partial charge on any atom is 0.249 e. The van der Waals surface area contributed by atoms with Gasteiger partial charge in [-0.3, -0.25) is 14.7 Å². The third-order valence-electron chi connectivity index (χ3n) is 6.59. The van der Waals surface area contributed by atoms with Crippen molar-refractivity contribution in [3.63, 3.8) is 0 Å². The number of aryl methyl sites for hydroxylation is 1. The van der Waals surface area contributed by atoms with Crippen molar-refractivity contribution in [1.82, 2.24) is 19.9 Å². The number of hydrogen-bond donors (Lipinski definition) is 3. The lowest BCUT2D eigenvalue weighted by molar-refractivity contribution is 0.0989. The summed E-state index contributed by atoms with van der Waals surface area (Å²) < 4.78 is 11.2. The van der Waals surface area contributed by atoms with Gasteiger partial charge in [0, 0.05) is 44.0 Å². The van der Waals surface area contributed by atoms with Gasteiger partial charge in [-0.05, 0) is 60.4 Å². The van der Waals surface area contributed by atoms with E-state index in [4.69, 9.17) is 14.9 Å². The number of primary amides is 1. The van der Waals surface area contributed by atoms with Crippen LogP contribution >= 0.6 is 0 Å². The number of β-amino-alcohol motifs (C(OH)–C–C–N with tert-alkyl or cyclic N) is 1. The van der Waals surface area contributed by atoms with E-state index in [1.165, 1.54) is 17.5 Å². The molecule has 0 fully saturated rings. The Balaban J connectivity index is 1.18. The first kappa shape index (κ1) is 25.4. The van der Waals surface area contributed by atoms with Crippen LogP contribution in [0.3, 0.4) is 0 Å². The van der Waals surface area contributed by atoms with E-state index < -0.39 is 12.0 Å². The Kier molecular flexibility index (Phi) is 7.62. The van der Waals surface area contributed by atoms with Crippen LogP contribution in [0.25, 0.3) is 0 Å². The van der Waals surface area contributed by atoms with E-state index in [1.807, 2.05) is 19.1 Å². The highest BCUT2D eigenvalue weighted by molar-refractivity contribution is 5.95. The Labute approximate surface area is 220 Å². The van der Waals surface area contributed by atoms with E-state index in [0.717, 1.165) is 42.4 Å². The second-order valence-corrected chi connectivity index (χ2v) is 9.38. The summed E-state index contributed by atoms with van der Waals surface area (Å²) in [6, 6.07) is 11.4. The number of nitrogens with zero attached hydrogens (tertiary/aromatic N) is 4. The maximum absolute atomic E-state index is 12.1. The van der Waals surface area contributed by atoms with Crippen molar-refractivity contribution < 1.29 is 19.1 Å². The minimum atomic E-state index is -0.679. The summed E-state index contributed by atoms with van der Waals surface area (Å²) in [5.41, 5.74) is 10.6. The van der Waals surface area contributed by atoms with Gasteiger partial charge in [0.25, 0.3) is 0 Å². The predicted octanol–water partition coefficient (Wildman–Crippen LogP) is 3.16. The molecule has 5 rings (SSSR count). The molecule has 0 saturated carbocycles. The molecule has 4 aromatic rings. The molecular weight excluding hydrogens is 484 g/mol. The largest absolute Gasteiger partial charge is 0.486 e. The average Bonchev–Trinajstić information content (AvgIpc) is 3.33. The Bertz CT molecular complexity index is 1410. The minimum absolute atomic E-state index is 0.273. The summed E-state index contributed by atoms with van der Waals surface area (Å²) in [5.74, 6) is 1.43. The first-order valence-electron chi connectivity index (χ1n) is 12.4. The number of carbonyl (C=O) groups excluding carboxylic acids is 1. The number of nitrogens with two attached hydrogens (primary N) is 1. The molecular formula is C28H30N6O4. The van der Waals surface area contributed by atoms with Gasteiger partial charge < -0.3 is 25.3 Å². The SMILES string of the molecule is Cc1ncoc1COc1ccc2c(c1)CCN(C[C@@H](O)Cc1cnc(Nc3cccnc3)cc1C(N)=O)C2. The predicted molar refractivity (Wildman–Crippen MR) is 141 cm³/mol. The van der Waals surface area contributed by atoms with Crippen LogP contribution < -0.4 is 15.8 Å². The van der Waals surface area contributed by atoms with Crippen LogP contribution in [0.4, 0.5) is 11.5 Å². The number of anilines is 2. The minimum Gasteiger partial charge on any atom is -0.486 e. The number of amides is 1. The van der Waals surface area contributed by atoms with Crippen molar-refractivity contribution in [2.75, 3.05) is 18.4 Å². The van der Waals surface area contributed by atoms with Gasteiger partial charge in [-0.15, -0.1) is 0 Å². The summed E-state index contributed by atoms with van der Waals surface area (Å²) in [6.07, 6.45) is 6.79. The number of ether oxygens (including phenoxy) is 1. The van der Waals surface area contributed by atoms with Crippen molar-refractivity contribution >= 4 is 17.4 Å². The summed E-state index contributed by atoms with van der Waals surface area (Å²) in [5, 5.41) is 14.0. The Hall–Kier alpha value is -4.28. The van der Waals surface area contributed by atoms with Crippen molar-refractivity contribution in [1.29, 1.82) is 0 Å². The third kappa shape index (κ3) is 6.16. The molecule has 0 unspecified atom stereocenters. The highest BCUT2D eigenvalue weighted by Crippen LogP contribution is 2.25. The van der Waals surface area contributed by atoms with Gasteiger partial charge in [-0.1, -0.05) is 6.07 Å². The standard InChI is InChI=1S/C28H30N6O4/c1-18-26(38-17-32-18)16-37-24-5-4-20-14-34(8-6-19(20)10-24)15-23(35)9-21-12-31-27(11-25(21)28(29)36)33-22-3-2-7-30-13-22/h2-5,7,10-13,17,23,35H,6,8-9,14-16H2,1H3,(H2,29,36)(H,31,33)/t23-/m0/s1. The molecule has 1 amide bonds. The smallest absolute Gasteiger partial charge is 0.249 e. The average molecular weight is 515 g/mol. The van der Waals surface area contributed by atoms with E-state index in [1.54, 1.807) is 30.7 Å². The molecule has 0 spiro atoms. The highest BCUT2D eigenvalue weighted by Gasteiger charge is 2.21. The molecule has 1 atom stereocenters. The van der Waals surface area contributed by atoms with Crippen molar-refractivity contribution in [2.45, 2.75) is 39.0 Å². The van der Waals surface area contributed by atoms with E-state index in [9.17, 15) is 9.90 Å². The molecule has 0 bridgehead atoms. The zero-order chi connectivity index (χ0) is 26.5. The van der Waals surface area contributed by atoms with Crippen LogP contribution in [0.2, 0.25) is 0 Å². The lowest BCUT2D eigenvalue weighted by Gasteiger charge is -2.30. The van der Waals surface area contributed by atoms with Crippen molar-refractivity contribution in [3.8, 4) is 5.75 Å². The fraction of sp³-hybridized carbons (Fsp3) is 0.286. The molecule has 1 aliphatic heterocycles. The number of aromatic nitrogens is 3. The lowest BCUT2D eigenvalue weighted by atomic mass is 9.98. The van der Waals surface area contributed by atoms with Gasteiger partial charge >= 0.3 is 0 Å². The molecule has 38 heavy (non-hydrogen) atoms. The second kappa shape index (κ2) is 11.4. The molecule has 1 aromatic carbocycles. The topological polar surface area (TPSA) is 140 Å². The van der Waals surface area contributed by atoms with E-state index in [0.29, 0.717) is 30.1 Å². The molecule has 3 aromatic heterocycles. The summed E-state index contributed by atoms with van der Waals surface area (Å²) >= 11 is 0. The van der Waals surface area contributed by atoms with E-state index in [-0.39, 0.29) is 6.42 Å². The molecule has 0 radical (unpaired) electrons. The number of nitrogens with one attached hydrogen (secondary N) is 1. The monoisotopic (exact) mass is 514 g/mol. The lowest BCUT2D eigenvalue weighted by Crippen LogP contribution is -2.37. The number of oxazole rings is 1. The summed E-state index contributed by atoms with van der Waals surface area (Å²) in [4.78, 5) is 26.9. The number of pyridine rings is 2. The molecule has 4 heterocycles. The zero-order valence-corrected chi connectivity index (χ0v) is 21.1. The van der Waals surface area contributed by atoms with Crippen LogP contribution in [-0.4, -0.2) is 50.1 Å². The molecule has 4 N–H and O–H groups in total. The highest BCUT2D eigenvalue weighted by atomic mass is 16.5. The van der Waals surface area contributed by atoms with Crippen LogP contribution in [0.15, 0.2) is 65.8 Å². The van der Waals surface area contributed by atoms with Crippen LogP contribution in [0.1, 0.15) is 38.5 Å². The number of hydrogen-bond acceptors (Lipinski definition) is 9. The quantitative estimate of drug-likeness (QED) is 0.291. The Morgan fingerprint density at radius 2 is 2.13 bits per heavy atom. The van der Waals surface area contributed by atoms with Crippen molar-refractivity contribution in [2.24, 2.45) is 5.73 Å². The molecule has 196 valence electrons. The van der Waals surface area contributed by atoms with Gasteiger partial charge in [0.15, 0.2) is 12.2 Å². The molecule has 1 aliphatic rings. The number of rotatable bonds is 10. The summed E-state index contributed by atoms with van der Waals surface area (Å²) in [7, 11) is 0. The molecule has 0 saturated heterocycles. The van der Waals surface area contributed by atoms with Crippen molar-refractivity contribution in [3.05, 3.63) is 95.1 Å². The van der Waals surface area contributed by atoms with Crippen LogP contribution in [0.5, 0.6) is 5.75 Å². The first-order valence-corrected chi connectivity index (χ1v) is 12.4. The normalized spacial score (nSPS) is 14.1. The molecule has 10 nitrogen and oxygen atoms in total. The summed E-state index contributed by atoms with van der Waals surface area (Å²) in [6.45, 7) is 4.23. The van der Waals surface area contributed by atoms with Gasteiger partial charge in [-0.25, -0.2) is 9.97 Å². The fourth-order valence-electron chi connectivity index (χ4n) is 4.59. The Morgan fingerprint density at radius 3 is 2.89 bits per heavy atom. The first-order chi connectivity index (χ1) is 18.4. The fourth-order valence-corrected chi connectivity index (χ4v) is 4.59. The second-order valence-electron chi connectivity index (χ2n) is 9.38. The van der Waals surface area contributed by atoms with E-state index >= 15 is 0 Å². The zero-order valence-electron chi connectivity index (χ0n) is 21.1. The number of aliphatic hydroxyl groups is 1. The molecule has 0 aliphatic carbocycles. The number of aliphatic hydroxyl groups excluding tert-OH is 1. The van der Waals surface area contributed by atoms with Gasteiger partial charge in [0.05, 0.1) is 23.7 Å². The van der Waals surface area contributed by atoms with Gasteiger partial charge in [-0.2, -0.15) is 0 Å². The number of carbonyl (C=O) groups is 1. The maximum atomic E-state index is 12.1. The number of benzene rings is 1. The van der Waals surface area contributed by atoms with E-state index in [2.05, 4.69) is 37.3 Å². The van der Waals surface area contributed by atoms with Crippen LogP contribution in [-0.2, 0) is 26.0 Å². The third-order valence-corrected chi connectivity index (χ3v) is 6.59. The van der Waals surface area contributed by atoms with Gasteiger partial charge in [0.2, 0.25) is 5.91 Å². The number of fused-ring (bicyclic) bond motifs is 1.